The Morgan fingerprint density at radius 1 is 1.50 bits per heavy atom. The lowest BCUT2D eigenvalue weighted by molar-refractivity contribution is 0.148. The predicted molar refractivity (Wildman–Crippen MR) is 51.1 cm³/mol. The lowest BCUT2D eigenvalue weighted by atomic mass is 10.0. The summed E-state index contributed by atoms with van der Waals surface area (Å²) in [5, 5.41) is 9.37. The lowest BCUT2D eigenvalue weighted by Gasteiger charge is -2.11. The van der Waals surface area contributed by atoms with Crippen LogP contribution >= 0.6 is 11.8 Å². The predicted octanol–water partition coefficient (Wildman–Crippen LogP) is 0.145. The average molecular weight is 210 g/mol. The van der Waals surface area contributed by atoms with Gasteiger partial charge in [0.1, 0.15) is 9.84 Å². The van der Waals surface area contributed by atoms with Gasteiger partial charge in [-0.1, -0.05) is 0 Å². The molecule has 0 bridgehead atoms. The zero-order valence-electron chi connectivity index (χ0n) is 7.06. The van der Waals surface area contributed by atoms with Gasteiger partial charge < -0.3 is 5.11 Å². The third-order valence-corrected chi connectivity index (χ3v) is 4.24. The molecule has 1 rings (SSSR count). The van der Waals surface area contributed by atoms with Gasteiger partial charge in [-0.25, -0.2) is 8.42 Å². The molecule has 5 heteroatoms. The highest BCUT2D eigenvalue weighted by atomic mass is 32.2. The molecule has 0 saturated carbocycles. The molecule has 0 radical (unpaired) electrons. The zero-order chi connectivity index (χ0) is 9.19. The Hall–Kier alpha value is 0.260. The zero-order valence-corrected chi connectivity index (χ0v) is 8.70. The van der Waals surface area contributed by atoms with E-state index >= 15 is 0 Å². The monoisotopic (exact) mass is 210 g/mol. The highest BCUT2D eigenvalue weighted by Gasteiger charge is 2.26. The van der Waals surface area contributed by atoms with Crippen LogP contribution in [0.25, 0.3) is 0 Å². The molecular weight excluding hydrogens is 196 g/mol. The maximum atomic E-state index is 10.8. The minimum Gasteiger partial charge on any atom is -0.392 e. The fraction of sp³-hybridized carbons (Fsp3) is 1.00. The molecule has 0 aliphatic carbocycles. The molecule has 0 aromatic heterocycles. The molecule has 1 aliphatic heterocycles. The first kappa shape index (κ1) is 10.3. The molecular formula is C7H14O3S2. The van der Waals surface area contributed by atoms with Crippen molar-refractivity contribution in [3.63, 3.8) is 0 Å². The van der Waals surface area contributed by atoms with Gasteiger partial charge in [0.25, 0.3) is 0 Å². The van der Waals surface area contributed by atoms with Crippen LogP contribution in [-0.4, -0.2) is 43.1 Å². The molecule has 1 saturated heterocycles. The Balaban J connectivity index is 2.32. The summed E-state index contributed by atoms with van der Waals surface area (Å²) in [5.74, 6) is 2.05. The van der Waals surface area contributed by atoms with E-state index in [4.69, 9.17) is 0 Å². The Morgan fingerprint density at radius 2 is 2.17 bits per heavy atom. The van der Waals surface area contributed by atoms with Crippen LogP contribution in [0.3, 0.4) is 0 Å². The number of thioether (sulfide) groups is 1. The van der Waals surface area contributed by atoms with E-state index in [-0.39, 0.29) is 17.8 Å². The van der Waals surface area contributed by atoms with E-state index in [1.54, 1.807) is 11.8 Å². The van der Waals surface area contributed by atoms with Gasteiger partial charge in [0.15, 0.2) is 0 Å². The Bertz CT molecular complexity index is 235. The van der Waals surface area contributed by atoms with E-state index in [1.165, 1.54) is 6.26 Å². The highest BCUT2D eigenvalue weighted by Crippen LogP contribution is 2.26. The Labute approximate surface area is 77.5 Å². The van der Waals surface area contributed by atoms with Gasteiger partial charge in [-0.3, -0.25) is 0 Å². The third kappa shape index (κ3) is 3.33. The summed E-state index contributed by atoms with van der Waals surface area (Å²) in [6.07, 6.45) is 1.55. The molecule has 0 aromatic rings. The molecule has 0 spiro atoms. The number of hydrogen-bond donors (Lipinski definition) is 1. The molecule has 1 aliphatic rings. The van der Waals surface area contributed by atoms with Crippen LogP contribution in [0.5, 0.6) is 0 Å². The maximum Gasteiger partial charge on any atom is 0.147 e. The second-order valence-electron chi connectivity index (χ2n) is 3.28. The van der Waals surface area contributed by atoms with Gasteiger partial charge >= 0.3 is 0 Å². The summed E-state index contributed by atoms with van der Waals surface area (Å²) in [4.78, 5) is 0. The summed E-state index contributed by atoms with van der Waals surface area (Å²) in [5.41, 5.74) is 0. The lowest BCUT2D eigenvalue weighted by Crippen LogP contribution is -2.20. The fourth-order valence-electron chi connectivity index (χ4n) is 1.23. The molecule has 2 atom stereocenters. The van der Waals surface area contributed by atoms with Crippen molar-refractivity contribution in [2.75, 3.05) is 23.5 Å². The van der Waals surface area contributed by atoms with Crippen LogP contribution in [0.4, 0.5) is 0 Å². The topological polar surface area (TPSA) is 54.4 Å². The standard InChI is InChI=1S/C7H14O3S2/c1-12(9,10)3-2-6-4-11-5-7(6)8/h6-8H,2-5H2,1H3. The van der Waals surface area contributed by atoms with Crippen molar-refractivity contribution in [1.82, 2.24) is 0 Å². The first-order valence-corrected chi connectivity index (χ1v) is 7.14. The van der Waals surface area contributed by atoms with Crippen molar-refractivity contribution in [1.29, 1.82) is 0 Å². The molecule has 0 aromatic carbocycles. The van der Waals surface area contributed by atoms with E-state index in [9.17, 15) is 13.5 Å². The van der Waals surface area contributed by atoms with Crippen molar-refractivity contribution in [3.8, 4) is 0 Å². The first-order chi connectivity index (χ1) is 5.49. The van der Waals surface area contributed by atoms with Crippen LogP contribution < -0.4 is 0 Å². The molecule has 1 N–H and O–H groups in total. The van der Waals surface area contributed by atoms with Crippen molar-refractivity contribution < 1.29 is 13.5 Å². The number of aliphatic hydroxyl groups excluding tert-OH is 1. The van der Waals surface area contributed by atoms with Gasteiger partial charge in [0.2, 0.25) is 0 Å². The van der Waals surface area contributed by atoms with Gasteiger partial charge in [-0.05, 0) is 18.1 Å². The van der Waals surface area contributed by atoms with E-state index in [2.05, 4.69) is 0 Å². The van der Waals surface area contributed by atoms with E-state index in [0.717, 1.165) is 11.5 Å². The van der Waals surface area contributed by atoms with Gasteiger partial charge in [-0.15, -0.1) is 0 Å². The van der Waals surface area contributed by atoms with Crippen LogP contribution in [0.15, 0.2) is 0 Å². The normalized spacial score (nSPS) is 30.8. The van der Waals surface area contributed by atoms with E-state index in [1.807, 2.05) is 0 Å². The third-order valence-electron chi connectivity index (χ3n) is 2.02. The summed E-state index contributed by atoms with van der Waals surface area (Å²) in [6.45, 7) is 0. The number of rotatable bonds is 3. The second kappa shape index (κ2) is 3.98. The summed E-state index contributed by atoms with van der Waals surface area (Å²) < 4.78 is 21.6. The van der Waals surface area contributed by atoms with Crippen molar-refractivity contribution >= 4 is 21.6 Å². The maximum absolute atomic E-state index is 10.8. The SMILES string of the molecule is CS(=O)(=O)CCC1CSCC1O. The highest BCUT2D eigenvalue weighted by molar-refractivity contribution is 7.99. The minimum absolute atomic E-state index is 0.185. The first-order valence-electron chi connectivity index (χ1n) is 3.92. The smallest absolute Gasteiger partial charge is 0.147 e. The molecule has 72 valence electrons. The van der Waals surface area contributed by atoms with Crippen molar-refractivity contribution in [3.05, 3.63) is 0 Å². The van der Waals surface area contributed by atoms with Crippen LogP contribution in [0.1, 0.15) is 6.42 Å². The van der Waals surface area contributed by atoms with Crippen molar-refractivity contribution in [2.24, 2.45) is 5.92 Å². The molecule has 1 heterocycles. The fourth-order valence-corrected chi connectivity index (χ4v) is 3.30. The quantitative estimate of drug-likeness (QED) is 0.720. The number of hydrogen-bond acceptors (Lipinski definition) is 4. The largest absolute Gasteiger partial charge is 0.392 e. The summed E-state index contributed by atoms with van der Waals surface area (Å²) in [7, 11) is -2.86. The van der Waals surface area contributed by atoms with Crippen molar-refractivity contribution in [2.45, 2.75) is 12.5 Å². The van der Waals surface area contributed by atoms with Crippen LogP contribution in [0, 0.1) is 5.92 Å². The summed E-state index contributed by atoms with van der Waals surface area (Å²) in [6, 6.07) is 0. The summed E-state index contributed by atoms with van der Waals surface area (Å²) >= 11 is 1.70. The number of sulfone groups is 1. The second-order valence-corrected chi connectivity index (χ2v) is 6.62. The van der Waals surface area contributed by atoms with Gasteiger partial charge in [0.05, 0.1) is 11.9 Å². The molecule has 12 heavy (non-hydrogen) atoms. The minimum atomic E-state index is -2.86. The molecule has 3 nitrogen and oxygen atoms in total. The molecule has 1 fully saturated rings. The Morgan fingerprint density at radius 3 is 2.58 bits per heavy atom. The number of aliphatic hydroxyl groups is 1. The average Bonchev–Trinajstić information content (AvgIpc) is 2.29. The Kier molecular flexibility index (Phi) is 3.43. The van der Waals surface area contributed by atoms with Crippen LogP contribution in [-0.2, 0) is 9.84 Å². The molecule has 0 amide bonds. The van der Waals surface area contributed by atoms with Gasteiger partial charge in [0, 0.05) is 12.0 Å². The molecule has 2 unspecified atom stereocenters. The van der Waals surface area contributed by atoms with Crippen LogP contribution in [0.2, 0.25) is 0 Å². The van der Waals surface area contributed by atoms with E-state index in [0.29, 0.717) is 6.42 Å². The van der Waals surface area contributed by atoms with Gasteiger partial charge in [-0.2, -0.15) is 11.8 Å². The van der Waals surface area contributed by atoms with E-state index < -0.39 is 9.84 Å².